The minimum Gasteiger partial charge on any atom is -0.391 e. The van der Waals surface area contributed by atoms with Gasteiger partial charge in [-0.15, -0.1) is 0 Å². The topological polar surface area (TPSA) is 21.6 Å². The zero-order valence-electron chi connectivity index (χ0n) is 12.5. The summed E-state index contributed by atoms with van der Waals surface area (Å²) in [6, 6.07) is 16.5. The average Bonchev–Trinajstić information content (AvgIpc) is 3.37. The summed E-state index contributed by atoms with van der Waals surface area (Å²) < 4.78 is 13.1. The van der Waals surface area contributed by atoms with Gasteiger partial charge in [-0.25, -0.2) is 4.39 Å². The van der Waals surface area contributed by atoms with Gasteiger partial charge in [0.1, 0.15) is 12.4 Å². The van der Waals surface area contributed by atoms with Gasteiger partial charge < -0.3 is 4.84 Å². The molecule has 0 saturated heterocycles. The van der Waals surface area contributed by atoms with Gasteiger partial charge in [0.05, 0.1) is 5.71 Å². The molecule has 0 N–H and O–H groups in total. The molecular weight excluding hydrogens is 277 g/mol. The Bertz CT molecular complexity index is 618. The molecular formula is C19H20FNO. The number of hydrogen-bond donors (Lipinski definition) is 0. The molecule has 0 bridgehead atoms. The quantitative estimate of drug-likeness (QED) is 0.524. The van der Waals surface area contributed by atoms with E-state index >= 15 is 0 Å². The zero-order chi connectivity index (χ0) is 15.2. The molecule has 0 radical (unpaired) electrons. The minimum atomic E-state index is -0.226. The number of oxime groups is 1. The van der Waals surface area contributed by atoms with Crippen LogP contribution in [0.3, 0.4) is 0 Å². The molecule has 3 rings (SSSR count). The van der Waals surface area contributed by atoms with Crippen molar-refractivity contribution < 1.29 is 9.23 Å². The van der Waals surface area contributed by atoms with Crippen LogP contribution >= 0.6 is 0 Å². The Morgan fingerprint density at radius 1 is 1.05 bits per heavy atom. The summed E-state index contributed by atoms with van der Waals surface area (Å²) in [7, 11) is 0. The Hall–Kier alpha value is -2.16. The third-order valence-electron chi connectivity index (χ3n) is 3.91. The van der Waals surface area contributed by atoms with Crippen LogP contribution in [0.1, 0.15) is 36.8 Å². The Labute approximate surface area is 130 Å². The van der Waals surface area contributed by atoms with E-state index in [-0.39, 0.29) is 5.82 Å². The van der Waals surface area contributed by atoms with Gasteiger partial charge in [-0.05, 0) is 42.0 Å². The molecule has 1 saturated carbocycles. The highest BCUT2D eigenvalue weighted by atomic mass is 19.1. The first-order valence-electron chi connectivity index (χ1n) is 7.80. The molecule has 0 amide bonds. The van der Waals surface area contributed by atoms with Gasteiger partial charge in [-0.3, -0.25) is 0 Å². The van der Waals surface area contributed by atoms with Crippen molar-refractivity contribution in [1.82, 2.24) is 0 Å². The van der Waals surface area contributed by atoms with E-state index in [0.717, 1.165) is 35.6 Å². The second kappa shape index (κ2) is 7.21. The van der Waals surface area contributed by atoms with Gasteiger partial charge in [0.25, 0.3) is 0 Å². The van der Waals surface area contributed by atoms with Crippen molar-refractivity contribution in [3.63, 3.8) is 0 Å². The average molecular weight is 297 g/mol. The molecule has 3 heteroatoms. The van der Waals surface area contributed by atoms with Crippen molar-refractivity contribution in [2.45, 2.75) is 32.3 Å². The van der Waals surface area contributed by atoms with Crippen molar-refractivity contribution in [1.29, 1.82) is 0 Å². The lowest BCUT2D eigenvalue weighted by Crippen LogP contribution is -2.03. The highest BCUT2D eigenvalue weighted by molar-refractivity contribution is 6.00. The van der Waals surface area contributed by atoms with Crippen molar-refractivity contribution in [2.24, 2.45) is 11.1 Å². The lowest BCUT2D eigenvalue weighted by molar-refractivity contribution is 0.130. The van der Waals surface area contributed by atoms with E-state index < -0.39 is 0 Å². The fourth-order valence-electron chi connectivity index (χ4n) is 2.39. The van der Waals surface area contributed by atoms with Crippen LogP contribution in [0, 0.1) is 11.7 Å². The molecule has 0 spiro atoms. The third-order valence-corrected chi connectivity index (χ3v) is 3.91. The molecule has 0 heterocycles. The predicted octanol–water partition coefficient (Wildman–Crippen LogP) is 4.94. The van der Waals surface area contributed by atoms with E-state index in [0.29, 0.717) is 6.61 Å². The highest BCUT2D eigenvalue weighted by Crippen LogP contribution is 2.34. The van der Waals surface area contributed by atoms with Crippen LogP contribution in [0.15, 0.2) is 59.8 Å². The number of halogens is 1. The molecule has 0 unspecified atom stereocenters. The summed E-state index contributed by atoms with van der Waals surface area (Å²) in [6.45, 7) is 0.453. The van der Waals surface area contributed by atoms with E-state index in [2.05, 4.69) is 5.16 Å². The number of rotatable bonds is 7. The number of hydrogen-bond acceptors (Lipinski definition) is 2. The summed E-state index contributed by atoms with van der Waals surface area (Å²) in [4.78, 5) is 5.51. The van der Waals surface area contributed by atoms with E-state index in [1.54, 1.807) is 12.1 Å². The SMILES string of the molecule is Fc1ccc(C(CCC2CC2)=NOCc2ccccc2)cc1. The molecule has 114 valence electrons. The fraction of sp³-hybridized carbons (Fsp3) is 0.316. The summed E-state index contributed by atoms with van der Waals surface area (Å²) in [5.41, 5.74) is 2.94. The van der Waals surface area contributed by atoms with E-state index in [1.165, 1.54) is 25.0 Å². The fourth-order valence-corrected chi connectivity index (χ4v) is 2.39. The third kappa shape index (κ3) is 4.42. The number of benzene rings is 2. The Balaban J connectivity index is 1.66. The van der Waals surface area contributed by atoms with Gasteiger partial charge >= 0.3 is 0 Å². The van der Waals surface area contributed by atoms with Crippen LogP contribution in [0.2, 0.25) is 0 Å². The van der Waals surface area contributed by atoms with Crippen molar-refractivity contribution >= 4 is 5.71 Å². The molecule has 1 aliphatic carbocycles. The van der Waals surface area contributed by atoms with E-state index in [4.69, 9.17) is 4.84 Å². The van der Waals surface area contributed by atoms with Crippen LogP contribution in [-0.4, -0.2) is 5.71 Å². The van der Waals surface area contributed by atoms with Crippen LogP contribution in [0.4, 0.5) is 4.39 Å². The summed E-state index contributed by atoms with van der Waals surface area (Å²) in [6.07, 6.45) is 4.65. The number of nitrogens with zero attached hydrogens (tertiary/aromatic N) is 1. The van der Waals surface area contributed by atoms with Crippen LogP contribution < -0.4 is 0 Å². The molecule has 1 fully saturated rings. The highest BCUT2D eigenvalue weighted by Gasteiger charge is 2.21. The van der Waals surface area contributed by atoms with Gasteiger partial charge in [0.15, 0.2) is 0 Å². The summed E-state index contributed by atoms with van der Waals surface area (Å²) in [5, 5.41) is 4.31. The molecule has 22 heavy (non-hydrogen) atoms. The maximum atomic E-state index is 13.1. The van der Waals surface area contributed by atoms with E-state index in [9.17, 15) is 4.39 Å². The lowest BCUT2D eigenvalue weighted by atomic mass is 10.0. The molecule has 2 nitrogen and oxygen atoms in total. The second-order valence-electron chi connectivity index (χ2n) is 5.79. The monoisotopic (exact) mass is 297 g/mol. The first kappa shape index (κ1) is 14.8. The first-order valence-corrected chi connectivity index (χ1v) is 7.80. The van der Waals surface area contributed by atoms with Gasteiger partial charge in [0, 0.05) is 0 Å². The van der Waals surface area contributed by atoms with Crippen LogP contribution in [0.25, 0.3) is 0 Å². The van der Waals surface area contributed by atoms with Crippen LogP contribution in [-0.2, 0) is 11.4 Å². The lowest BCUT2D eigenvalue weighted by Gasteiger charge is -2.07. The van der Waals surface area contributed by atoms with Crippen molar-refractivity contribution in [3.8, 4) is 0 Å². The van der Waals surface area contributed by atoms with Crippen molar-refractivity contribution in [2.75, 3.05) is 0 Å². The molecule has 2 aromatic carbocycles. The maximum absolute atomic E-state index is 13.1. The predicted molar refractivity (Wildman–Crippen MR) is 86.1 cm³/mol. The molecule has 0 atom stereocenters. The molecule has 2 aromatic rings. The summed E-state index contributed by atoms with van der Waals surface area (Å²) >= 11 is 0. The zero-order valence-corrected chi connectivity index (χ0v) is 12.5. The van der Waals surface area contributed by atoms with Crippen molar-refractivity contribution in [3.05, 3.63) is 71.5 Å². The first-order chi connectivity index (χ1) is 10.8. The molecule has 0 aromatic heterocycles. The van der Waals surface area contributed by atoms with E-state index in [1.807, 2.05) is 30.3 Å². The minimum absolute atomic E-state index is 0.226. The summed E-state index contributed by atoms with van der Waals surface area (Å²) in [5.74, 6) is 0.607. The van der Waals surface area contributed by atoms with Crippen LogP contribution in [0.5, 0.6) is 0 Å². The second-order valence-corrected chi connectivity index (χ2v) is 5.79. The smallest absolute Gasteiger partial charge is 0.142 e. The Kier molecular flexibility index (Phi) is 4.84. The molecule has 0 aliphatic heterocycles. The van der Waals surface area contributed by atoms with Gasteiger partial charge in [0.2, 0.25) is 0 Å². The van der Waals surface area contributed by atoms with Gasteiger partial charge in [-0.2, -0.15) is 0 Å². The van der Waals surface area contributed by atoms with Gasteiger partial charge in [-0.1, -0.05) is 60.5 Å². The largest absolute Gasteiger partial charge is 0.391 e. The standard InChI is InChI=1S/C19H20FNO/c20-18-11-9-17(10-12-18)19(13-8-15-6-7-15)21-22-14-16-4-2-1-3-5-16/h1-5,9-12,15H,6-8,13-14H2. The Morgan fingerprint density at radius 3 is 2.45 bits per heavy atom. The Morgan fingerprint density at radius 2 is 1.77 bits per heavy atom. The molecule has 1 aliphatic rings. The maximum Gasteiger partial charge on any atom is 0.142 e. The normalized spacial score (nSPS) is 14.9.